The van der Waals surface area contributed by atoms with E-state index in [0.29, 0.717) is 13.1 Å². The van der Waals surface area contributed by atoms with Gasteiger partial charge in [0.25, 0.3) is 11.8 Å². The van der Waals surface area contributed by atoms with Gasteiger partial charge in [-0.3, -0.25) is 9.59 Å². The van der Waals surface area contributed by atoms with E-state index in [0.717, 1.165) is 18.4 Å². The first-order valence-electron chi connectivity index (χ1n) is 8.64. The number of amides is 2. The maximum absolute atomic E-state index is 12.3. The number of hydrogen-bond acceptors (Lipinski definition) is 3. The Morgan fingerprint density at radius 3 is 2.23 bits per heavy atom. The first-order valence-corrected chi connectivity index (χ1v) is 8.64. The van der Waals surface area contributed by atoms with Gasteiger partial charge in [-0.15, -0.1) is 0 Å². The van der Waals surface area contributed by atoms with E-state index in [1.807, 2.05) is 42.5 Å². The summed E-state index contributed by atoms with van der Waals surface area (Å²) in [5.41, 5.74) is 2.65. The van der Waals surface area contributed by atoms with Crippen molar-refractivity contribution in [2.45, 2.75) is 19.4 Å². The Labute approximate surface area is 152 Å². The fourth-order valence-corrected chi connectivity index (χ4v) is 2.64. The van der Waals surface area contributed by atoms with Gasteiger partial charge in [0.1, 0.15) is 11.4 Å². The van der Waals surface area contributed by atoms with Gasteiger partial charge in [0.2, 0.25) is 0 Å². The molecule has 1 aromatic heterocycles. The van der Waals surface area contributed by atoms with Gasteiger partial charge < -0.3 is 10.6 Å². The Kier molecular flexibility index (Phi) is 5.93. The molecule has 132 valence electrons. The Morgan fingerprint density at radius 2 is 1.58 bits per heavy atom. The van der Waals surface area contributed by atoms with Crippen LogP contribution in [-0.4, -0.2) is 23.3 Å². The molecule has 1 aliphatic rings. The molecule has 5 heteroatoms. The first kappa shape index (κ1) is 17.6. The van der Waals surface area contributed by atoms with E-state index in [1.54, 1.807) is 18.2 Å². The minimum absolute atomic E-state index is 0.230. The average molecular weight is 347 g/mol. The summed E-state index contributed by atoms with van der Waals surface area (Å²) in [6, 6.07) is 14.5. The summed E-state index contributed by atoms with van der Waals surface area (Å²) in [4.78, 5) is 28.8. The normalized spacial score (nSPS) is 13.0. The SMILES string of the molecule is O=C(NCC1=CC=CCC1)c1cccc(C(=O)NCc2ccccc2)n1. The van der Waals surface area contributed by atoms with Crippen LogP contribution in [0.5, 0.6) is 0 Å². The highest BCUT2D eigenvalue weighted by molar-refractivity contribution is 5.96. The van der Waals surface area contributed by atoms with Crippen molar-refractivity contribution in [1.29, 1.82) is 0 Å². The van der Waals surface area contributed by atoms with E-state index in [1.165, 1.54) is 5.57 Å². The highest BCUT2D eigenvalue weighted by Gasteiger charge is 2.12. The molecule has 0 radical (unpaired) electrons. The molecule has 2 N–H and O–H groups in total. The zero-order valence-electron chi connectivity index (χ0n) is 14.4. The number of nitrogens with one attached hydrogen (secondary N) is 2. The van der Waals surface area contributed by atoms with Crippen molar-refractivity contribution in [3.8, 4) is 0 Å². The number of carbonyl (C=O) groups is 2. The lowest BCUT2D eigenvalue weighted by Crippen LogP contribution is -2.28. The topological polar surface area (TPSA) is 71.1 Å². The number of allylic oxidation sites excluding steroid dienone is 3. The molecular weight excluding hydrogens is 326 g/mol. The van der Waals surface area contributed by atoms with Crippen LogP contribution in [0, 0.1) is 0 Å². The maximum atomic E-state index is 12.3. The van der Waals surface area contributed by atoms with Crippen LogP contribution in [0.3, 0.4) is 0 Å². The molecule has 1 aromatic carbocycles. The number of nitrogens with zero attached hydrogens (tertiary/aromatic N) is 1. The van der Waals surface area contributed by atoms with Gasteiger partial charge in [-0.05, 0) is 30.5 Å². The van der Waals surface area contributed by atoms with E-state index < -0.39 is 0 Å². The molecule has 0 aliphatic heterocycles. The van der Waals surface area contributed by atoms with Gasteiger partial charge in [-0.25, -0.2) is 4.98 Å². The van der Waals surface area contributed by atoms with Gasteiger partial charge in [0.15, 0.2) is 0 Å². The lowest BCUT2D eigenvalue weighted by molar-refractivity contribution is 0.0943. The standard InChI is InChI=1S/C21H21N3O2/c25-20(22-14-16-8-3-1-4-9-16)18-12-7-13-19(24-18)21(26)23-15-17-10-5-2-6-11-17/h1-5,7-10,12-13H,6,11,14-15H2,(H,22,25)(H,23,26). The summed E-state index contributed by atoms with van der Waals surface area (Å²) in [7, 11) is 0. The minimum Gasteiger partial charge on any atom is -0.347 e. The molecule has 26 heavy (non-hydrogen) atoms. The number of rotatable bonds is 6. The lowest BCUT2D eigenvalue weighted by atomic mass is 10.1. The van der Waals surface area contributed by atoms with Crippen LogP contribution >= 0.6 is 0 Å². The molecule has 1 aliphatic carbocycles. The second-order valence-electron chi connectivity index (χ2n) is 6.05. The van der Waals surface area contributed by atoms with Crippen LogP contribution in [0.1, 0.15) is 39.4 Å². The monoisotopic (exact) mass is 347 g/mol. The van der Waals surface area contributed by atoms with E-state index >= 15 is 0 Å². The van der Waals surface area contributed by atoms with Crippen LogP contribution in [0.25, 0.3) is 0 Å². The molecule has 2 amide bonds. The lowest BCUT2D eigenvalue weighted by Gasteiger charge is -2.10. The second kappa shape index (κ2) is 8.76. The summed E-state index contributed by atoms with van der Waals surface area (Å²) in [5, 5.41) is 5.67. The van der Waals surface area contributed by atoms with Crippen LogP contribution in [0.2, 0.25) is 0 Å². The Hall–Kier alpha value is -3.21. The predicted octanol–water partition coefficient (Wildman–Crippen LogP) is 3.02. The molecule has 1 heterocycles. The van der Waals surface area contributed by atoms with E-state index in [4.69, 9.17) is 0 Å². The third-order valence-corrected chi connectivity index (χ3v) is 4.09. The van der Waals surface area contributed by atoms with Crippen LogP contribution < -0.4 is 10.6 Å². The van der Waals surface area contributed by atoms with Gasteiger partial charge in [0.05, 0.1) is 0 Å². The fraction of sp³-hybridized carbons (Fsp3) is 0.190. The van der Waals surface area contributed by atoms with Gasteiger partial charge in [0, 0.05) is 13.1 Å². The molecule has 0 atom stereocenters. The van der Waals surface area contributed by atoms with Crippen molar-refractivity contribution in [2.24, 2.45) is 0 Å². The average Bonchev–Trinajstić information content (AvgIpc) is 2.72. The van der Waals surface area contributed by atoms with Crippen molar-refractivity contribution in [3.63, 3.8) is 0 Å². The van der Waals surface area contributed by atoms with Gasteiger partial charge >= 0.3 is 0 Å². The van der Waals surface area contributed by atoms with Crippen LogP contribution in [-0.2, 0) is 6.54 Å². The molecule has 0 unspecified atom stereocenters. The summed E-state index contributed by atoms with van der Waals surface area (Å²) in [6.07, 6.45) is 8.07. The predicted molar refractivity (Wildman–Crippen MR) is 101 cm³/mol. The maximum Gasteiger partial charge on any atom is 0.270 e. The molecule has 0 bridgehead atoms. The number of hydrogen-bond donors (Lipinski definition) is 2. The molecular formula is C21H21N3O2. The molecule has 3 rings (SSSR count). The summed E-state index contributed by atoms with van der Waals surface area (Å²) in [5.74, 6) is -0.582. The van der Waals surface area contributed by atoms with Crippen LogP contribution in [0.15, 0.2) is 72.3 Å². The van der Waals surface area contributed by atoms with Crippen molar-refractivity contribution >= 4 is 11.8 Å². The first-order chi connectivity index (χ1) is 12.7. The van der Waals surface area contributed by atoms with Crippen LogP contribution in [0.4, 0.5) is 0 Å². The summed E-state index contributed by atoms with van der Waals surface area (Å²) < 4.78 is 0. The number of carbonyl (C=O) groups excluding carboxylic acids is 2. The minimum atomic E-state index is -0.302. The summed E-state index contributed by atoms with van der Waals surface area (Å²) in [6.45, 7) is 0.911. The molecule has 0 saturated heterocycles. The Morgan fingerprint density at radius 1 is 0.885 bits per heavy atom. The third kappa shape index (κ3) is 4.89. The largest absolute Gasteiger partial charge is 0.347 e. The fourth-order valence-electron chi connectivity index (χ4n) is 2.64. The number of aromatic nitrogens is 1. The Balaban J connectivity index is 1.58. The van der Waals surface area contributed by atoms with Crippen molar-refractivity contribution in [2.75, 3.05) is 6.54 Å². The quantitative estimate of drug-likeness (QED) is 0.844. The number of benzene rings is 1. The Bertz CT molecular complexity index is 841. The van der Waals surface area contributed by atoms with E-state index in [9.17, 15) is 9.59 Å². The van der Waals surface area contributed by atoms with E-state index in [-0.39, 0.29) is 23.2 Å². The summed E-state index contributed by atoms with van der Waals surface area (Å²) >= 11 is 0. The molecule has 5 nitrogen and oxygen atoms in total. The van der Waals surface area contributed by atoms with E-state index in [2.05, 4.69) is 21.7 Å². The van der Waals surface area contributed by atoms with Crippen molar-refractivity contribution in [3.05, 3.63) is 89.3 Å². The molecule has 2 aromatic rings. The number of pyridine rings is 1. The van der Waals surface area contributed by atoms with Crippen molar-refractivity contribution in [1.82, 2.24) is 15.6 Å². The molecule has 0 fully saturated rings. The van der Waals surface area contributed by atoms with Crippen molar-refractivity contribution < 1.29 is 9.59 Å². The van der Waals surface area contributed by atoms with Gasteiger partial charge in [-0.2, -0.15) is 0 Å². The van der Waals surface area contributed by atoms with Gasteiger partial charge in [-0.1, -0.05) is 60.2 Å². The molecule has 0 saturated carbocycles. The molecule has 0 spiro atoms. The zero-order chi connectivity index (χ0) is 18.2. The smallest absolute Gasteiger partial charge is 0.270 e. The highest BCUT2D eigenvalue weighted by Crippen LogP contribution is 2.10. The zero-order valence-corrected chi connectivity index (χ0v) is 14.4. The highest BCUT2D eigenvalue weighted by atomic mass is 16.2. The second-order valence-corrected chi connectivity index (χ2v) is 6.05. The third-order valence-electron chi connectivity index (χ3n) is 4.09.